The molecule has 9 atom stereocenters. The van der Waals surface area contributed by atoms with Gasteiger partial charge in [-0.3, -0.25) is 19.2 Å². The van der Waals surface area contributed by atoms with Crippen LogP contribution >= 0.6 is 0 Å². The van der Waals surface area contributed by atoms with E-state index in [4.69, 9.17) is 23.7 Å². The first-order chi connectivity index (χ1) is 26.8. The number of carbonyl (C=O) groups excluding carboxylic acids is 4. The van der Waals surface area contributed by atoms with Gasteiger partial charge in [-0.15, -0.1) is 0 Å². The lowest BCUT2D eigenvalue weighted by atomic mass is 9.78. The monoisotopic (exact) mass is 796 g/mol. The first kappa shape index (κ1) is 44.6. The fourth-order valence-electron chi connectivity index (χ4n) is 7.21. The molecule has 0 spiro atoms. The molecule has 0 saturated heterocycles. The minimum Gasteiger partial charge on any atom is -0.507 e. The zero-order chi connectivity index (χ0) is 42.5. The fraction of sp³-hybridized carbons (Fsp3) is 0.524. The third-order valence-corrected chi connectivity index (χ3v) is 10.8. The second-order valence-corrected chi connectivity index (χ2v) is 15.0. The minimum absolute atomic E-state index is 0.0617. The Hall–Kier alpha value is -5.12. The molecule has 2 aromatic rings. The quantitative estimate of drug-likeness (QED) is 0.162. The highest BCUT2D eigenvalue weighted by Gasteiger charge is 2.49. The smallest absolute Gasteiger partial charge is 0.312 e. The van der Waals surface area contributed by atoms with Gasteiger partial charge in [-0.2, -0.15) is 0 Å². The molecular weight excluding hydrogens is 740 g/mol. The highest BCUT2D eigenvalue weighted by atomic mass is 16.7. The van der Waals surface area contributed by atoms with E-state index in [-0.39, 0.29) is 44.7 Å². The van der Waals surface area contributed by atoms with Crippen LogP contribution in [-0.2, 0) is 28.6 Å². The van der Waals surface area contributed by atoms with Gasteiger partial charge < -0.3 is 54.7 Å². The molecule has 3 aliphatic heterocycles. The predicted molar refractivity (Wildman–Crippen MR) is 211 cm³/mol. The van der Waals surface area contributed by atoms with E-state index in [0.717, 1.165) is 0 Å². The van der Waals surface area contributed by atoms with E-state index < -0.39 is 95.5 Å². The highest BCUT2D eigenvalue weighted by molar-refractivity contribution is 6.21. The number of benzene rings is 2. The average molecular weight is 797 g/mol. The molecule has 2 amide bonds. The van der Waals surface area contributed by atoms with Crippen LogP contribution in [0.5, 0.6) is 23.0 Å². The van der Waals surface area contributed by atoms with Gasteiger partial charge >= 0.3 is 11.8 Å². The van der Waals surface area contributed by atoms with Crippen LogP contribution in [0.2, 0.25) is 0 Å². The zero-order valence-electron chi connectivity index (χ0n) is 34.2. The van der Waals surface area contributed by atoms with Gasteiger partial charge in [0.2, 0.25) is 0 Å². The predicted octanol–water partition coefficient (Wildman–Crippen LogP) is 4.95. The van der Waals surface area contributed by atoms with Crippen LogP contribution in [-0.4, -0.2) is 94.5 Å². The molecular formula is C42H56N2O13. The van der Waals surface area contributed by atoms with Crippen LogP contribution in [0.1, 0.15) is 77.7 Å². The Balaban J connectivity index is 1.92. The standard InChI is InChI=1S/C42H56N2O13/c1-11-16-43-30(46)19-54-29-18-27-37(50)32-31(29)33-39(25(7)36(32)49)57-42(9,40(33)51)55-17-15-28(53-10)22(4)38(56-26(8)45)24(6)35(48)23(5)34(47)20(2)13-12-14-21(3)41(52)44-27/h12-15,17-18,20,22-24,28,34-35,38,47-50H,11,16,19H2,1-10H3,(H,43,46)(H,44,52)/b13-12+,17-15+,21-14-/t20-,22-,23-,24-,28+,34-,35+,38-,42+/m1/s1. The molecule has 5 bridgehead atoms. The van der Waals surface area contributed by atoms with Crippen molar-refractivity contribution in [1.82, 2.24) is 5.32 Å². The number of phenols is 2. The molecule has 0 unspecified atom stereocenters. The number of aliphatic hydroxyl groups is 2. The van der Waals surface area contributed by atoms with Crippen molar-refractivity contribution in [3.05, 3.63) is 53.3 Å². The Labute approximate surface area is 332 Å². The van der Waals surface area contributed by atoms with Gasteiger partial charge in [-0.25, -0.2) is 0 Å². The molecule has 0 saturated carbocycles. The van der Waals surface area contributed by atoms with Crippen molar-refractivity contribution < 1.29 is 63.3 Å². The van der Waals surface area contributed by atoms with Crippen molar-refractivity contribution in [2.75, 3.05) is 25.6 Å². The topological polar surface area (TPSA) is 219 Å². The maximum absolute atomic E-state index is 14.4. The molecule has 0 aromatic heterocycles. The molecule has 3 aliphatic rings. The van der Waals surface area contributed by atoms with Crippen LogP contribution in [0, 0.1) is 30.6 Å². The van der Waals surface area contributed by atoms with Crippen molar-refractivity contribution in [2.45, 2.75) is 98.9 Å². The second kappa shape index (κ2) is 18.4. The molecule has 57 heavy (non-hydrogen) atoms. The Bertz CT molecular complexity index is 1960. The van der Waals surface area contributed by atoms with E-state index in [1.165, 1.54) is 59.3 Å². The number of methoxy groups -OCH3 is 1. The van der Waals surface area contributed by atoms with Crippen LogP contribution in [0.15, 0.2) is 42.2 Å². The normalized spacial score (nSPS) is 30.4. The number of allylic oxidation sites excluding steroid dienone is 2. The number of nitrogens with one attached hydrogen (secondary N) is 2. The lowest BCUT2D eigenvalue weighted by molar-refractivity contribution is -0.160. The van der Waals surface area contributed by atoms with Crippen molar-refractivity contribution >= 4 is 40.0 Å². The number of Topliss-reactive ketones (excluding diaryl/α,β-unsaturated/α-hetero) is 1. The largest absolute Gasteiger partial charge is 0.507 e. The summed E-state index contributed by atoms with van der Waals surface area (Å²) in [6.45, 7) is 14.3. The molecule has 6 N–H and O–H groups in total. The lowest BCUT2D eigenvalue weighted by Crippen LogP contribution is -2.46. The summed E-state index contributed by atoms with van der Waals surface area (Å²) >= 11 is 0. The summed E-state index contributed by atoms with van der Waals surface area (Å²) in [6.07, 6.45) is 4.25. The SMILES string of the molecule is CCCNC(=O)COc1cc2c(O)c3c(O)c(C)c4c(c13)C(=O)[C@@](C)(O/C=C/[C@H](OC)[C@@H](C)[C@@H](OC(C)=O)[C@H](C)[C@@H](O)[C@H](C)[C@H](O)[C@H](C)/C=C/C=C(/C)C(=O)N2)O4. The first-order valence-corrected chi connectivity index (χ1v) is 19.0. The van der Waals surface area contributed by atoms with Crippen LogP contribution < -0.4 is 20.1 Å². The number of aromatic hydroxyl groups is 2. The number of fused-ring (bicyclic) bond motifs is 14. The van der Waals surface area contributed by atoms with E-state index >= 15 is 0 Å². The van der Waals surface area contributed by atoms with E-state index in [1.54, 1.807) is 39.8 Å². The van der Waals surface area contributed by atoms with E-state index in [2.05, 4.69) is 10.6 Å². The van der Waals surface area contributed by atoms with Crippen LogP contribution in [0.25, 0.3) is 10.8 Å². The molecule has 312 valence electrons. The molecule has 15 nitrogen and oxygen atoms in total. The van der Waals surface area contributed by atoms with Gasteiger partial charge in [0.05, 0.1) is 41.2 Å². The molecule has 0 radical (unpaired) electrons. The van der Waals surface area contributed by atoms with E-state index in [0.29, 0.717) is 13.0 Å². The van der Waals surface area contributed by atoms with Gasteiger partial charge in [0.15, 0.2) is 12.4 Å². The molecule has 15 heteroatoms. The van der Waals surface area contributed by atoms with E-state index in [9.17, 15) is 39.6 Å². The molecule has 5 rings (SSSR count). The van der Waals surface area contributed by atoms with Crippen molar-refractivity contribution in [3.8, 4) is 23.0 Å². The highest BCUT2D eigenvalue weighted by Crippen LogP contribution is 2.54. The number of hydrogen-bond acceptors (Lipinski definition) is 13. The number of carbonyl (C=O) groups is 4. The number of esters is 1. The van der Waals surface area contributed by atoms with Crippen molar-refractivity contribution in [1.29, 1.82) is 0 Å². The van der Waals surface area contributed by atoms with Crippen molar-refractivity contribution in [3.63, 3.8) is 0 Å². The Morgan fingerprint density at radius 2 is 1.67 bits per heavy atom. The van der Waals surface area contributed by atoms with Crippen LogP contribution in [0.3, 0.4) is 0 Å². The van der Waals surface area contributed by atoms with Gasteiger partial charge in [0.25, 0.3) is 17.6 Å². The Morgan fingerprint density at radius 3 is 2.30 bits per heavy atom. The summed E-state index contributed by atoms with van der Waals surface area (Å²) < 4.78 is 29.5. The van der Waals surface area contributed by atoms with Gasteiger partial charge in [-0.1, -0.05) is 52.8 Å². The van der Waals surface area contributed by atoms with Gasteiger partial charge in [0, 0.05) is 73.8 Å². The van der Waals surface area contributed by atoms with Gasteiger partial charge in [0.1, 0.15) is 23.4 Å². The minimum atomic E-state index is -2.02. The number of aliphatic hydroxyl groups excluding tert-OH is 2. The number of anilines is 1. The lowest BCUT2D eigenvalue weighted by Gasteiger charge is -2.38. The van der Waals surface area contributed by atoms with Gasteiger partial charge in [-0.05, 0) is 26.3 Å². The Morgan fingerprint density at radius 1 is 0.982 bits per heavy atom. The van der Waals surface area contributed by atoms with E-state index in [1.807, 2.05) is 6.92 Å². The molecule has 0 fully saturated rings. The second-order valence-electron chi connectivity index (χ2n) is 15.0. The third-order valence-electron chi connectivity index (χ3n) is 10.8. The fourth-order valence-corrected chi connectivity index (χ4v) is 7.21. The maximum Gasteiger partial charge on any atom is 0.312 e. The molecule has 0 aliphatic carbocycles. The summed E-state index contributed by atoms with van der Waals surface area (Å²) in [5.41, 5.74) is -0.0261. The number of phenolic OH excluding ortho intramolecular Hbond substituents is 2. The molecule has 3 heterocycles. The summed E-state index contributed by atoms with van der Waals surface area (Å²) in [4.78, 5) is 52.8. The van der Waals surface area contributed by atoms with Crippen molar-refractivity contribution in [2.24, 2.45) is 23.7 Å². The number of ether oxygens (including phenoxy) is 5. The number of rotatable bonds is 7. The number of ketones is 1. The molecule has 2 aromatic carbocycles. The zero-order valence-corrected chi connectivity index (χ0v) is 34.2. The summed E-state index contributed by atoms with van der Waals surface area (Å²) in [7, 11) is 1.43. The van der Waals surface area contributed by atoms with Crippen LogP contribution in [0.4, 0.5) is 5.69 Å². The Kier molecular flexibility index (Phi) is 14.4. The average Bonchev–Trinajstić information content (AvgIpc) is 3.44. The third kappa shape index (κ3) is 9.37. The summed E-state index contributed by atoms with van der Waals surface area (Å²) in [5, 5.41) is 50.9. The first-order valence-electron chi connectivity index (χ1n) is 19.0. The summed E-state index contributed by atoms with van der Waals surface area (Å²) in [5.74, 6) is -8.15. The maximum atomic E-state index is 14.4. The summed E-state index contributed by atoms with van der Waals surface area (Å²) in [6, 6.07) is 1.25. The number of amides is 2. The number of hydrogen-bond donors (Lipinski definition) is 6.